The highest BCUT2D eigenvalue weighted by atomic mass is 32.1. The van der Waals surface area contributed by atoms with Crippen LogP contribution in [-0.2, 0) is 6.54 Å². The Morgan fingerprint density at radius 1 is 1.16 bits per heavy atom. The first-order valence-electron chi connectivity index (χ1n) is 8.90. The van der Waals surface area contributed by atoms with Gasteiger partial charge in [-0.3, -0.25) is 4.79 Å². The maximum absolute atomic E-state index is 12.5. The molecule has 1 aromatic carbocycles. The summed E-state index contributed by atoms with van der Waals surface area (Å²) in [6, 6.07) is 8.34. The molecule has 0 atom stereocenters. The van der Waals surface area contributed by atoms with Gasteiger partial charge in [-0.2, -0.15) is 13.2 Å². The van der Waals surface area contributed by atoms with Gasteiger partial charge in [-0.25, -0.2) is 9.97 Å². The zero-order chi connectivity index (χ0) is 22.4. The van der Waals surface area contributed by atoms with E-state index in [1.807, 2.05) is 0 Å². The van der Waals surface area contributed by atoms with Crippen LogP contribution in [0.3, 0.4) is 0 Å². The molecule has 0 spiro atoms. The number of aromatic nitrogens is 2. The second kappa shape index (κ2) is 9.65. The Hall–Kier alpha value is -3.34. The van der Waals surface area contributed by atoms with E-state index in [1.54, 1.807) is 29.6 Å². The van der Waals surface area contributed by atoms with Gasteiger partial charge in [0.2, 0.25) is 5.88 Å². The highest BCUT2D eigenvalue weighted by molar-refractivity contribution is 7.13. The maximum Gasteiger partial charge on any atom is 0.422 e. The molecule has 0 aliphatic rings. The van der Waals surface area contributed by atoms with Crippen molar-refractivity contribution >= 4 is 17.2 Å². The molecule has 3 aromatic rings. The average molecular weight is 453 g/mol. The number of amides is 1. The maximum atomic E-state index is 12.5. The molecule has 11 heteroatoms. The smallest absolute Gasteiger partial charge is 0.422 e. The zero-order valence-electron chi connectivity index (χ0n) is 16.5. The van der Waals surface area contributed by atoms with Gasteiger partial charge in [0.05, 0.1) is 14.2 Å². The van der Waals surface area contributed by atoms with E-state index >= 15 is 0 Å². The minimum absolute atomic E-state index is 0.0664. The number of carbonyl (C=O) groups is 1. The number of carbonyl (C=O) groups excluding carboxylic acids is 1. The van der Waals surface area contributed by atoms with Crippen molar-refractivity contribution in [3.63, 3.8) is 0 Å². The van der Waals surface area contributed by atoms with Crippen LogP contribution in [0, 0.1) is 0 Å². The minimum atomic E-state index is -4.49. The molecule has 7 nitrogen and oxygen atoms in total. The van der Waals surface area contributed by atoms with Crippen molar-refractivity contribution in [2.45, 2.75) is 12.7 Å². The second-order valence-electron chi connectivity index (χ2n) is 6.16. The van der Waals surface area contributed by atoms with Crippen LogP contribution in [0.4, 0.5) is 13.2 Å². The molecular formula is C20H18F3N3O4S. The van der Waals surface area contributed by atoms with Crippen molar-refractivity contribution in [3.05, 3.63) is 53.2 Å². The second-order valence-corrected chi connectivity index (χ2v) is 7.02. The SMILES string of the molecule is COc1ccc(-c2nc(C(=O)NCc3cccnc3OCC(F)(F)F)cs2)cc1OC. The highest BCUT2D eigenvalue weighted by Gasteiger charge is 2.29. The fourth-order valence-corrected chi connectivity index (χ4v) is 3.38. The first kappa shape index (κ1) is 22.3. The van der Waals surface area contributed by atoms with Crippen LogP contribution < -0.4 is 19.5 Å². The summed E-state index contributed by atoms with van der Waals surface area (Å²) in [4.78, 5) is 20.6. The van der Waals surface area contributed by atoms with Crippen molar-refractivity contribution in [1.82, 2.24) is 15.3 Å². The molecular weight excluding hydrogens is 435 g/mol. The lowest BCUT2D eigenvalue weighted by molar-refractivity contribution is -0.154. The van der Waals surface area contributed by atoms with Crippen LogP contribution in [0.5, 0.6) is 17.4 Å². The van der Waals surface area contributed by atoms with Gasteiger partial charge in [0.15, 0.2) is 18.1 Å². The number of benzene rings is 1. The number of ether oxygens (including phenoxy) is 3. The van der Waals surface area contributed by atoms with E-state index in [1.165, 1.54) is 37.8 Å². The van der Waals surface area contributed by atoms with Gasteiger partial charge in [0.1, 0.15) is 10.7 Å². The van der Waals surface area contributed by atoms with E-state index in [2.05, 4.69) is 15.3 Å². The zero-order valence-corrected chi connectivity index (χ0v) is 17.3. The number of hydrogen-bond donors (Lipinski definition) is 1. The van der Waals surface area contributed by atoms with E-state index in [0.717, 1.165) is 5.56 Å². The predicted octanol–water partition coefficient (Wildman–Crippen LogP) is 4.09. The topological polar surface area (TPSA) is 82.6 Å². The lowest BCUT2D eigenvalue weighted by Crippen LogP contribution is -2.24. The molecule has 0 aliphatic heterocycles. The number of halogens is 3. The Balaban J connectivity index is 1.68. The van der Waals surface area contributed by atoms with Gasteiger partial charge in [0.25, 0.3) is 5.91 Å². The summed E-state index contributed by atoms with van der Waals surface area (Å²) >= 11 is 1.27. The fourth-order valence-electron chi connectivity index (χ4n) is 2.58. The lowest BCUT2D eigenvalue weighted by Gasteiger charge is -2.12. The Morgan fingerprint density at radius 2 is 1.94 bits per heavy atom. The van der Waals surface area contributed by atoms with Gasteiger partial charge < -0.3 is 19.5 Å². The largest absolute Gasteiger partial charge is 0.493 e. The monoisotopic (exact) mass is 453 g/mol. The van der Waals surface area contributed by atoms with Gasteiger partial charge in [0, 0.05) is 29.2 Å². The summed E-state index contributed by atoms with van der Waals surface area (Å²) in [7, 11) is 3.05. The average Bonchev–Trinajstić information content (AvgIpc) is 3.26. The van der Waals surface area contributed by atoms with Gasteiger partial charge >= 0.3 is 6.18 Å². The minimum Gasteiger partial charge on any atom is -0.493 e. The molecule has 0 saturated heterocycles. The third-order valence-corrected chi connectivity index (χ3v) is 4.92. The summed E-state index contributed by atoms with van der Waals surface area (Å²) < 4.78 is 52.4. The van der Waals surface area contributed by atoms with Crippen LogP contribution in [0.2, 0.25) is 0 Å². The molecule has 164 valence electrons. The molecule has 31 heavy (non-hydrogen) atoms. The molecule has 0 unspecified atom stereocenters. The van der Waals surface area contributed by atoms with Crippen molar-refractivity contribution < 1.29 is 32.2 Å². The number of thiazole rings is 1. The Kier molecular flexibility index (Phi) is 6.95. The third kappa shape index (κ3) is 5.85. The van der Waals surface area contributed by atoms with Crippen LogP contribution in [0.25, 0.3) is 10.6 Å². The predicted molar refractivity (Wildman–Crippen MR) is 108 cm³/mol. The standard InChI is InChI=1S/C20H18F3N3O4S/c1-28-15-6-5-12(8-16(15)29-2)19-26-14(10-31-19)17(27)25-9-13-4-3-7-24-18(13)30-11-20(21,22)23/h3-8,10H,9,11H2,1-2H3,(H,25,27). The number of alkyl halides is 3. The molecule has 2 aromatic heterocycles. The summed E-state index contributed by atoms with van der Waals surface area (Å²) in [5, 5.41) is 4.81. The van der Waals surface area contributed by atoms with E-state index < -0.39 is 18.7 Å². The number of rotatable bonds is 8. The number of methoxy groups -OCH3 is 2. The van der Waals surface area contributed by atoms with Crippen molar-refractivity contribution in [2.75, 3.05) is 20.8 Å². The van der Waals surface area contributed by atoms with E-state index in [-0.39, 0.29) is 18.1 Å². The Bertz CT molecular complexity index is 1060. The molecule has 1 N–H and O–H groups in total. The Morgan fingerprint density at radius 3 is 2.65 bits per heavy atom. The Labute approximate surface area is 179 Å². The lowest BCUT2D eigenvalue weighted by atomic mass is 10.2. The molecule has 2 heterocycles. The molecule has 0 aliphatic carbocycles. The van der Waals surface area contributed by atoms with E-state index in [0.29, 0.717) is 22.1 Å². The van der Waals surface area contributed by atoms with Crippen molar-refractivity contribution in [3.8, 4) is 28.0 Å². The van der Waals surface area contributed by atoms with Crippen LogP contribution >= 0.6 is 11.3 Å². The van der Waals surface area contributed by atoms with Crippen molar-refractivity contribution in [1.29, 1.82) is 0 Å². The fraction of sp³-hybridized carbons (Fsp3) is 0.250. The van der Waals surface area contributed by atoms with Crippen molar-refractivity contribution in [2.24, 2.45) is 0 Å². The summed E-state index contributed by atoms with van der Waals surface area (Å²) in [5.41, 5.74) is 1.24. The number of pyridine rings is 1. The normalized spacial score (nSPS) is 11.1. The van der Waals surface area contributed by atoms with Crippen LogP contribution in [0.1, 0.15) is 16.1 Å². The summed E-state index contributed by atoms with van der Waals surface area (Å²) in [5.74, 6) is 0.433. The van der Waals surface area contributed by atoms with E-state index in [9.17, 15) is 18.0 Å². The molecule has 3 rings (SSSR count). The number of nitrogens with one attached hydrogen (secondary N) is 1. The van der Waals surface area contributed by atoms with E-state index in [4.69, 9.17) is 14.2 Å². The molecule has 1 amide bonds. The summed E-state index contributed by atoms with van der Waals surface area (Å²) in [6.07, 6.45) is -3.17. The van der Waals surface area contributed by atoms with Gasteiger partial charge in [-0.15, -0.1) is 11.3 Å². The first-order valence-corrected chi connectivity index (χ1v) is 9.78. The van der Waals surface area contributed by atoms with Gasteiger partial charge in [-0.1, -0.05) is 6.07 Å². The van der Waals surface area contributed by atoms with Crippen LogP contribution in [0.15, 0.2) is 41.9 Å². The molecule has 0 radical (unpaired) electrons. The quantitative estimate of drug-likeness (QED) is 0.553. The summed E-state index contributed by atoms with van der Waals surface area (Å²) in [6.45, 7) is -1.53. The number of hydrogen-bond acceptors (Lipinski definition) is 7. The highest BCUT2D eigenvalue weighted by Crippen LogP contribution is 2.33. The van der Waals surface area contributed by atoms with Crippen LogP contribution in [-0.4, -0.2) is 42.9 Å². The van der Waals surface area contributed by atoms with Gasteiger partial charge in [-0.05, 0) is 24.3 Å². The molecule has 0 fully saturated rings. The first-order chi connectivity index (χ1) is 14.8. The molecule has 0 saturated carbocycles. The molecule has 0 bridgehead atoms. The third-order valence-electron chi connectivity index (χ3n) is 4.03. The number of nitrogens with zero attached hydrogens (tertiary/aromatic N) is 2.